The summed E-state index contributed by atoms with van der Waals surface area (Å²) in [5.74, 6) is 1.79. The van der Waals surface area contributed by atoms with Crippen molar-refractivity contribution in [1.29, 1.82) is 0 Å². The first-order chi connectivity index (χ1) is 26.9. The molecule has 10 rings (SSSR count). The van der Waals surface area contributed by atoms with E-state index in [0.717, 1.165) is 88.4 Å². The van der Waals surface area contributed by atoms with Gasteiger partial charge in [-0.1, -0.05) is 130 Å². The molecule has 0 saturated heterocycles. The van der Waals surface area contributed by atoms with E-state index < -0.39 is 0 Å². The SMILES string of the molecule is CC(C)(C)c1cc(-c2cccc(-c3cccc(-c4nc(-c5ccccc5)nc(-c5ccc6c(c5)oc5ccccc56)n4)c3)c2)c2ccc3cccnc3c2n1. The van der Waals surface area contributed by atoms with Crippen molar-refractivity contribution >= 4 is 43.7 Å². The Morgan fingerprint density at radius 2 is 1.04 bits per heavy atom. The summed E-state index contributed by atoms with van der Waals surface area (Å²) in [6.07, 6.45) is 1.85. The van der Waals surface area contributed by atoms with Crippen LogP contribution in [0.3, 0.4) is 0 Å². The molecule has 6 nitrogen and oxygen atoms in total. The Kier molecular flexibility index (Phi) is 7.59. The maximum absolute atomic E-state index is 6.24. The zero-order chi connectivity index (χ0) is 37.1. The Morgan fingerprint density at radius 3 is 1.82 bits per heavy atom. The minimum Gasteiger partial charge on any atom is -0.456 e. The first kappa shape index (κ1) is 32.6. The molecule has 0 saturated carbocycles. The molecule has 0 amide bonds. The van der Waals surface area contributed by atoms with Crippen LogP contribution in [0, 0.1) is 0 Å². The third-order valence-electron chi connectivity index (χ3n) is 10.3. The number of para-hydroxylation sites is 1. The van der Waals surface area contributed by atoms with E-state index in [1.807, 2.05) is 66.9 Å². The molecule has 0 aliphatic carbocycles. The number of nitrogens with zero attached hydrogens (tertiary/aromatic N) is 5. The quantitative estimate of drug-likeness (QED) is 0.166. The van der Waals surface area contributed by atoms with Crippen LogP contribution in [-0.2, 0) is 5.41 Å². The summed E-state index contributed by atoms with van der Waals surface area (Å²) in [4.78, 5) is 25.0. The van der Waals surface area contributed by atoms with E-state index in [0.29, 0.717) is 17.5 Å². The van der Waals surface area contributed by atoms with Gasteiger partial charge in [0.1, 0.15) is 11.2 Å². The van der Waals surface area contributed by atoms with Gasteiger partial charge in [0.05, 0.1) is 11.0 Å². The van der Waals surface area contributed by atoms with Crippen molar-refractivity contribution in [3.05, 3.63) is 164 Å². The van der Waals surface area contributed by atoms with E-state index in [-0.39, 0.29) is 5.41 Å². The first-order valence-corrected chi connectivity index (χ1v) is 18.5. The van der Waals surface area contributed by atoms with Crippen molar-refractivity contribution in [3.8, 4) is 56.4 Å². The van der Waals surface area contributed by atoms with Crippen LogP contribution < -0.4 is 0 Å². The molecule has 262 valence electrons. The topological polar surface area (TPSA) is 77.6 Å². The van der Waals surface area contributed by atoms with Crippen molar-refractivity contribution in [2.75, 3.05) is 0 Å². The van der Waals surface area contributed by atoms with Gasteiger partial charge in [-0.05, 0) is 64.7 Å². The minimum atomic E-state index is -0.147. The van der Waals surface area contributed by atoms with Gasteiger partial charge in [-0.15, -0.1) is 0 Å². The molecule has 0 aliphatic rings. The molecule has 0 spiro atoms. The highest BCUT2D eigenvalue weighted by Gasteiger charge is 2.21. The highest BCUT2D eigenvalue weighted by atomic mass is 16.3. The Hall–Kier alpha value is -7.05. The van der Waals surface area contributed by atoms with Crippen molar-refractivity contribution < 1.29 is 4.42 Å². The summed E-state index contributed by atoms with van der Waals surface area (Å²) in [5.41, 5.74) is 11.5. The van der Waals surface area contributed by atoms with Crippen LogP contribution >= 0.6 is 0 Å². The number of pyridine rings is 2. The van der Waals surface area contributed by atoms with Gasteiger partial charge < -0.3 is 4.42 Å². The third-order valence-corrected chi connectivity index (χ3v) is 10.3. The molecule has 0 fully saturated rings. The molecule has 4 heterocycles. The Labute approximate surface area is 318 Å². The molecular weight excluding hydrogens is 675 g/mol. The molecule has 0 aliphatic heterocycles. The summed E-state index contributed by atoms with van der Waals surface area (Å²) in [7, 11) is 0. The molecule has 0 atom stereocenters. The van der Waals surface area contributed by atoms with Gasteiger partial charge in [0, 0.05) is 55.5 Å². The van der Waals surface area contributed by atoms with Gasteiger partial charge >= 0.3 is 0 Å². The van der Waals surface area contributed by atoms with E-state index in [1.54, 1.807) is 0 Å². The number of aromatic nitrogens is 5. The summed E-state index contributed by atoms with van der Waals surface area (Å²) < 4.78 is 6.24. The molecule has 10 aromatic rings. The lowest BCUT2D eigenvalue weighted by Crippen LogP contribution is -2.14. The molecular formula is C49H35N5O. The fourth-order valence-corrected chi connectivity index (χ4v) is 7.37. The first-order valence-electron chi connectivity index (χ1n) is 18.5. The second kappa shape index (κ2) is 12.8. The van der Waals surface area contributed by atoms with Crippen LogP contribution in [0.25, 0.3) is 100 Å². The monoisotopic (exact) mass is 709 g/mol. The van der Waals surface area contributed by atoms with E-state index in [4.69, 9.17) is 29.3 Å². The lowest BCUT2D eigenvalue weighted by molar-refractivity contribution is 0.572. The largest absolute Gasteiger partial charge is 0.456 e. The van der Waals surface area contributed by atoms with Crippen LogP contribution in [0.1, 0.15) is 26.5 Å². The summed E-state index contributed by atoms with van der Waals surface area (Å²) in [5, 5.41) is 4.31. The van der Waals surface area contributed by atoms with Gasteiger partial charge in [-0.25, -0.2) is 19.9 Å². The van der Waals surface area contributed by atoms with E-state index in [1.165, 1.54) is 0 Å². The van der Waals surface area contributed by atoms with E-state index in [9.17, 15) is 0 Å². The second-order valence-corrected chi connectivity index (χ2v) is 15.0. The van der Waals surface area contributed by atoms with Gasteiger partial charge in [-0.2, -0.15) is 0 Å². The second-order valence-electron chi connectivity index (χ2n) is 15.0. The Bertz CT molecular complexity index is 3090. The van der Waals surface area contributed by atoms with Gasteiger partial charge in [0.25, 0.3) is 0 Å². The number of fused-ring (bicyclic) bond motifs is 6. The van der Waals surface area contributed by atoms with Crippen molar-refractivity contribution in [2.24, 2.45) is 0 Å². The summed E-state index contributed by atoms with van der Waals surface area (Å²) in [6.45, 7) is 6.62. The number of benzene rings is 6. The lowest BCUT2D eigenvalue weighted by atomic mass is 9.87. The Balaban J connectivity index is 1.09. The molecule has 0 unspecified atom stereocenters. The van der Waals surface area contributed by atoms with Crippen LogP contribution in [0.15, 0.2) is 162 Å². The van der Waals surface area contributed by atoms with Gasteiger partial charge in [-0.3, -0.25) is 4.98 Å². The van der Waals surface area contributed by atoms with Gasteiger partial charge in [0.15, 0.2) is 17.5 Å². The molecule has 6 heteroatoms. The fraction of sp³-hybridized carbons (Fsp3) is 0.0816. The normalized spacial score (nSPS) is 11.9. The number of furan rings is 1. The van der Waals surface area contributed by atoms with Gasteiger partial charge in [0.2, 0.25) is 0 Å². The van der Waals surface area contributed by atoms with Crippen molar-refractivity contribution in [1.82, 2.24) is 24.9 Å². The molecule has 55 heavy (non-hydrogen) atoms. The smallest absolute Gasteiger partial charge is 0.164 e. The number of rotatable bonds is 5. The molecule has 6 aromatic carbocycles. The zero-order valence-corrected chi connectivity index (χ0v) is 30.7. The maximum Gasteiger partial charge on any atom is 0.164 e. The third kappa shape index (κ3) is 5.89. The zero-order valence-electron chi connectivity index (χ0n) is 30.7. The van der Waals surface area contributed by atoms with Crippen LogP contribution in [-0.4, -0.2) is 24.9 Å². The number of hydrogen-bond acceptors (Lipinski definition) is 6. The molecule has 4 aromatic heterocycles. The average Bonchev–Trinajstić information content (AvgIpc) is 3.61. The van der Waals surface area contributed by atoms with Crippen LogP contribution in [0.2, 0.25) is 0 Å². The minimum absolute atomic E-state index is 0.147. The van der Waals surface area contributed by atoms with Crippen molar-refractivity contribution in [3.63, 3.8) is 0 Å². The highest BCUT2D eigenvalue weighted by molar-refractivity contribution is 6.08. The van der Waals surface area contributed by atoms with Crippen LogP contribution in [0.5, 0.6) is 0 Å². The predicted octanol–water partition coefficient (Wildman–Crippen LogP) is 12.5. The predicted molar refractivity (Wildman–Crippen MR) is 224 cm³/mol. The molecule has 0 N–H and O–H groups in total. The standard InChI is InChI=1S/C49H35N5O/c1-49(2,3)43-29-40(39-24-21-30-18-11-25-50-44(30)45(39)51-43)34-16-9-14-32(26-34)33-15-10-17-35(27-33)47-52-46(31-12-5-4-6-13-31)53-48(54-47)36-22-23-38-37-19-7-8-20-41(37)55-42(38)28-36/h4-29H,1-3H3. The lowest BCUT2D eigenvalue weighted by Gasteiger charge is -2.21. The average molecular weight is 710 g/mol. The maximum atomic E-state index is 6.24. The summed E-state index contributed by atoms with van der Waals surface area (Å²) in [6, 6.07) is 52.1. The summed E-state index contributed by atoms with van der Waals surface area (Å²) >= 11 is 0. The van der Waals surface area contributed by atoms with Crippen LogP contribution in [0.4, 0.5) is 0 Å². The molecule has 0 bridgehead atoms. The van der Waals surface area contributed by atoms with Crippen molar-refractivity contribution in [2.45, 2.75) is 26.2 Å². The van der Waals surface area contributed by atoms with E-state index in [2.05, 4.69) is 112 Å². The highest BCUT2D eigenvalue weighted by Crippen LogP contribution is 2.38. The fourth-order valence-electron chi connectivity index (χ4n) is 7.37. The number of hydrogen-bond donors (Lipinski definition) is 0. The Morgan fingerprint density at radius 1 is 0.418 bits per heavy atom. The van der Waals surface area contributed by atoms with E-state index >= 15 is 0 Å². The molecule has 0 radical (unpaired) electrons.